The van der Waals surface area contributed by atoms with Gasteiger partial charge in [-0.1, -0.05) is 24.9 Å². The Bertz CT molecular complexity index is 479. The van der Waals surface area contributed by atoms with Crippen molar-refractivity contribution >= 4 is 17.3 Å². The molecule has 0 saturated carbocycles. The third-order valence-corrected chi connectivity index (χ3v) is 3.56. The van der Waals surface area contributed by atoms with Crippen molar-refractivity contribution in [3.8, 4) is 0 Å². The summed E-state index contributed by atoms with van der Waals surface area (Å²) in [6.45, 7) is 5.77. The normalized spacial score (nSPS) is 11.1. The van der Waals surface area contributed by atoms with Crippen LogP contribution in [0.3, 0.4) is 0 Å². The average Bonchev–Trinajstić information content (AvgIpc) is 2.48. The van der Waals surface area contributed by atoms with Crippen LogP contribution in [0.2, 0.25) is 5.02 Å². The monoisotopic (exact) mass is 316 g/mol. The summed E-state index contributed by atoms with van der Waals surface area (Å²) in [7, 11) is 3.70. The number of rotatable bonds is 10. The van der Waals surface area contributed by atoms with Crippen LogP contribution in [0.4, 0.5) is 5.69 Å². The van der Waals surface area contributed by atoms with Gasteiger partial charge in [-0.3, -0.25) is 4.79 Å². The van der Waals surface area contributed by atoms with E-state index in [0.717, 1.165) is 25.9 Å². The van der Waals surface area contributed by atoms with Crippen LogP contribution >= 0.6 is 11.6 Å². The molecule has 0 unspecified atom stereocenters. The molecule has 0 bridgehead atoms. The molecular formula is C14H25ClN4O2. The molecule has 1 aromatic heterocycles. The van der Waals surface area contributed by atoms with Gasteiger partial charge >= 0.3 is 0 Å². The predicted octanol–water partition coefficient (Wildman–Crippen LogP) is 1.69. The number of anilines is 1. The van der Waals surface area contributed by atoms with Crippen molar-refractivity contribution in [2.75, 3.05) is 45.7 Å². The molecule has 0 atom stereocenters. The van der Waals surface area contributed by atoms with Gasteiger partial charge in [0.2, 0.25) is 0 Å². The minimum absolute atomic E-state index is 0.209. The van der Waals surface area contributed by atoms with E-state index in [1.54, 1.807) is 13.3 Å². The lowest BCUT2D eigenvalue weighted by atomic mass is 10.3. The van der Waals surface area contributed by atoms with Gasteiger partial charge in [0.25, 0.3) is 5.56 Å². The van der Waals surface area contributed by atoms with Gasteiger partial charge in [0, 0.05) is 33.3 Å². The first-order valence-corrected chi connectivity index (χ1v) is 7.65. The molecule has 0 aliphatic carbocycles. The van der Waals surface area contributed by atoms with E-state index in [9.17, 15) is 4.79 Å². The quantitative estimate of drug-likeness (QED) is 0.712. The Morgan fingerprint density at radius 2 is 2.24 bits per heavy atom. The third-order valence-electron chi connectivity index (χ3n) is 3.19. The van der Waals surface area contributed by atoms with Crippen molar-refractivity contribution in [3.05, 3.63) is 21.6 Å². The Morgan fingerprint density at radius 1 is 1.48 bits per heavy atom. The van der Waals surface area contributed by atoms with Crippen LogP contribution in [0.25, 0.3) is 0 Å². The van der Waals surface area contributed by atoms with Crippen LogP contribution in [0, 0.1) is 0 Å². The first kappa shape index (κ1) is 17.9. The van der Waals surface area contributed by atoms with Crippen LogP contribution in [-0.2, 0) is 11.3 Å². The summed E-state index contributed by atoms with van der Waals surface area (Å²) in [5, 5.41) is 7.51. The summed E-state index contributed by atoms with van der Waals surface area (Å²) in [6.07, 6.45) is 3.55. The second kappa shape index (κ2) is 9.76. The third kappa shape index (κ3) is 6.03. The highest BCUT2D eigenvalue weighted by Crippen LogP contribution is 2.14. The molecule has 21 heavy (non-hydrogen) atoms. The van der Waals surface area contributed by atoms with Crippen molar-refractivity contribution < 1.29 is 4.74 Å². The van der Waals surface area contributed by atoms with Crippen LogP contribution < -0.4 is 10.9 Å². The van der Waals surface area contributed by atoms with Crippen molar-refractivity contribution in [2.24, 2.45) is 0 Å². The lowest BCUT2D eigenvalue weighted by Gasteiger charge is -2.17. The number of aromatic nitrogens is 2. The minimum Gasteiger partial charge on any atom is -0.383 e. The summed E-state index contributed by atoms with van der Waals surface area (Å²) >= 11 is 6.11. The van der Waals surface area contributed by atoms with Gasteiger partial charge in [-0.2, -0.15) is 5.10 Å². The fourth-order valence-electron chi connectivity index (χ4n) is 1.80. The molecule has 0 fully saturated rings. The van der Waals surface area contributed by atoms with Gasteiger partial charge in [-0.15, -0.1) is 0 Å². The average molecular weight is 317 g/mol. The Labute approximate surface area is 131 Å². The number of likely N-dealkylation sites (N-methyl/N-ethyl adjacent to an activating group) is 1. The molecule has 1 heterocycles. The molecule has 0 aromatic carbocycles. The van der Waals surface area contributed by atoms with Crippen molar-refractivity contribution in [1.82, 2.24) is 14.7 Å². The van der Waals surface area contributed by atoms with Gasteiger partial charge < -0.3 is 15.0 Å². The number of nitrogens with one attached hydrogen (secondary N) is 1. The van der Waals surface area contributed by atoms with Gasteiger partial charge in [-0.25, -0.2) is 4.68 Å². The summed E-state index contributed by atoms with van der Waals surface area (Å²) in [5.74, 6) is 0. The molecule has 0 aliphatic rings. The summed E-state index contributed by atoms with van der Waals surface area (Å²) in [4.78, 5) is 14.2. The molecule has 0 radical (unpaired) electrons. The minimum atomic E-state index is -0.233. The topological polar surface area (TPSA) is 59.4 Å². The van der Waals surface area contributed by atoms with Crippen molar-refractivity contribution in [3.63, 3.8) is 0 Å². The van der Waals surface area contributed by atoms with E-state index in [4.69, 9.17) is 16.3 Å². The standard InChI is InChI=1S/C14H25ClN4O2/c1-4-5-7-19-14(20)13(15)12(11-17-19)16-6-8-18(2)9-10-21-3/h11,16H,4-10H2,1-3H3. The van der Waals surface area contributed by atoms with E-state index in [0.29, 0.717) is 25.4 Å². The lowest BCUT2D eigenvalue weighted by Crippen LogP contribution is -2.29. The highest BCUT2D eigenvalue weighted by molar-refractivity contribution is 6.32. The number of nitrogens with zero attached hydrogens (tertiary/aromatic N) is 3. The fourth-order valence-corrected chi connectivity index (χ4v) is 2.01. The van der Waals surface area contributed by atoms with Crippen LogP contribution in [0.5, 0.6) is 0 Å². The number of halogens is 1. The summed E-state index contributed by atoms with van der Waals surface area (Å²) in [6, 6.07) is 0. The summed E-state index contributed by atoms with van der Waals surface area (Å²) < 4.78 is 6.44. The van der Waals surface area contributed by atoms with Crippen molar-refractivity contribution in [1.29, 1.82) is 0 Å². The predicted molar refractivity (Wildman–Crippen MR) is 86.3 cm³/mol. The maximum atomic E-state index is 12.0. The van der Waals surface area contributed by atoms with E-state index in [1.165, 1.54) is 4.68 Å². The Morgan fingerprint density at radius 3 is 2.90 bits per heavy atom. The first-order valence-electron chi connectivity index (χ1n) is 7.27. The molecule has 1 rings (SSSR count). The molecular weight excluding hydrogens is 292 g/mol. The zero-order chi connectivity index (χ0) is 15.7. The Kier molecular flexibility index (Phi) is 8.34. The molecule has 0 saturated heterocycles. The highest BCUT2D eigenvalue weighted by Gasteiger charge is 2.08. The van der Waals surface area contributed by atoms with Gasteiger partial charge in [-0.05, 0) is 13.5 Å². The fraction of sp³-hybridized carbons (Fsp3) is 0.714. The van der Waals surface area contributed by atoms with Crippen LogP contribution in [0.1, 0.15) is 19.8 Å². The second-order valence-corrected chi connectivity index (χ2v) is 5.35. The maximum absolute atomic E-state index is 12.0. The number of ether oxygens (including phenoxy) is 1. The van der Waals surface area contributed by atoms with E-state index in [1.807, 2.05) is 7.05 Å². The zero-order valence-corrected chi connectivity index (χ0v) is 13.8. The molecule has 7 heteroatoms. The molecule has 6 nitrogen and oxygen atoms in total. The molecule has 0 spiro atoms. The number of unbranched alkanes of at least 4 members (excludes halogenated alkanes) is 1. The molecule has 120 valence electrons. The number of methoxy groups -OCH3 is 1. The van der Waals surface area contributed by atoms with Crippen molar-refractivity contribution in [2.45, 2.75) is 26.3 Å². The van der Waals surface area contributed by atoms with Gasteiger partial charge in [0.15, 0.2) is 0 Å². The zero-order valence-electron chi connectivity index (χ0n) is 13.1. The summed E-state index contributed by atoms with van der Waals surface area (Å²) in [5.41, 5.74) is 0.359. The van der Waals surface area contributed by atoms with Crippen LogP contribution in [-0.4, -0.2) is 55.1 Å². The second-order valence-electron chi connectivity index (χ2n) is 4.98. The molecule has 1 aromatic rings. The smallest absolute Gasteiger partial charge is 0.287 e. The highest BCUT2D eigenvalue weighted by atomic mass is 35.5. The first-order chi connectivity index (χ1) is 10.1. The van der Waals surface area contributed by atoms with Crippen LogP contribution in [0.15, 0.2) is 11.0 Å². The number of hydrogen-bond donors (Lipinski definition) is 1. The SMILES string of the molecule is CCCCn1ncc(NCCN(C)CCOC)c(Cl)c1=O. The molecule has 0 amide bonds. The van der Waals surface area contributed by atoms with E-state index in [2.05, 4.69) is 22.2 Å². The van der Waals surface area contributed by atoms with Gasteiger partial charge in [0.05, 0.1) is 18.5 Å². The number of aryl methyl sites for hydroxylation is 1. The van der Waals surface area contributed by atoms with E-state index >= 15 is 0 Å². The van der Waals surface area contributed by atoms with E-state index < -0.39 is 0 Å². The molecule has 1 N–H and O–H groups in total. The number of hydrogen-bond acceptors (Lipinski definition) is 5. The van der Waals surface area contributed by atoms with E-state index in [-0.39, 0.29) is 10.6 Å². The largest absolute Gasteiger partial charge is 0.383 e. The Hall–Kier alpha value is -1.11. The lowest BCUT2D eigenvalue weighted by molar-refractivity contribution is 0.163. The Balaban J connectivity index is 2.52. The maximum Gasteiger partial charge on any atom is 0.287 e. The van der Waals surface area contributed by atoms with Gasteiger partial charge in [0.1, 0.15) is 5.02 Å². The molecule has 0 aliphatic heterocycles.